The van der Waals surface area contributed by atoms with Gasteiger partial charge < -0.3 is 10.1 Å². The first kappa shape index (κ1) is 13.0. The lowest BCUT2D eigenvalue weighted by atomic mass is 10.0. The summed E-state index contributed by atoms with van der Waals surface area (Å²) in [5.74, 6) is 1.01. The third kappa shape index (κ3) is 3.53. The molecular formula is C14H23NO. The predicted octanol–water partition coefficient (Wildman–Crippen LogP) is 3.45. The number of rotatable bonds is 6. The molecule has 0 bridgehead atoms. The molecule has 0 radical (unpaired) electrons. The molecule has 16 heavy (non-hydrogen) atoms. The molecule has 2 heteroatoms. The minimum Gasteiger partial charge on any atom is -0.493 e. The molecule has 0 saturated heterocycles. The number of nitrogens with one attached hydrogen (secondary N) is 1. The van der Waals surface area contributed by atoms with Crippen LogP contribution in [0.25, 0.3) is 0 Å². The topological polar surface area (TPSA) is 21.3 Å². The molecule has 2 nitrogen and oxygen atoms in total. The fourth-order valence-electron chi connectivity index (χ4n) is 1.77. The van der Waals surface area contributed by atoms with Crippen molar-refractivity contribution in [2.75, 3.05) is 13.2 Å². The molecule has 1 N–H and O–H groups in total. The van der Waals surface area contributed by atoms with E-state index in [2.05, 4.69) is 51.2 Å². The van der Waals surface area contributed by atoms with E-state index in [0.717, 1.165) is 25.3 Å². The van der Waals surface area contributed by atoms with Crippen molar-refractivity contribution in [2.24, 2.45) is 0 Å². The third-order valence-electron chi connectivity index (χ3n) is 2.60. The van der Waals surface area contributed by atoms with Crippen molar-refractivity contribution in [3.8, 4) is 5.75 Å². The average molecular weight is 221 g/mol. The monoisotopic (exact) mass is 221 g/mol. The van der Waals surface area contributed by atoms with Crippen molar-refractivity contribution in [3.05, 3.63) is 29.3 Å². The van der Waals surface area contributed by atoms with Crippen molar-refractivity contribution in [2.45, 2.75) is 40.2 Å². The zero-order valence-corrected chi connectivity index (χ0v) is 10.8. The predicted molar refractivity (Wildman–Crippen MR) is 69.1 cm³/mol. The van der Waals surface area contributed by atoms with Crippen molar-refractivity contribution >= 4 is 0 Å². The van der Waals surface area contributed by atoms with Gasteiger partial charge in [0.2, 0.25) is 0 Å². The highest BCUT2D eigenvalue weighted by atomic mass is 16.5. The molecule has 0 fully saturated rings. The first-order valence-electron chi connectivity index (χ1n) is 6.15. The van der Waals surface area contributed by atoms with Crippen LogP contribution >= 0.6 is 0 Å². The van der Waals surface area contributed by atoms with Crippen LogP contribution in [0.5, 0.6) is 5.75 Å². The highest BCUT2D eigenvalue weighted by Gasteiger charge is 2.10. The van der Waals surface area contributed by atoms with Crippen LogP contribution in [-0.4, -0.2) is 13.2 Å². The molecule has 0 aliphatic heterocycles. The van der Waals surface area contributed by atoms with Gasteiger partial charge in [0.05, 0.1) is 6.61 Å². The van der Waals surface area contributed by atoms with Gasteiger partial charge in [-0.3, -0.25) is 0 Å². The van der Waals surface area contributed by atoms with E-state index in [-0.39, 0.29) is 0 Å². The molecule has 1 aromatic carbocycles. The Morgan fingerprint density at radius 1 is 1.31 bits per heavy atom. The van der Waals surface area contributed by atoms with Crippen LogP contribution in [0, 0.1) is 6.92 Å². The van der Waals surface area contributed by atoms with Gasteiger partial charge in [-0.2, -0.15) is 0 Å². The molecule has 0 saturated carbocycles. The standard InChI is InChI=1S/C14H23NO/c1-5-9-16-14-8-7-11(3)10-13(14)12(4)15-6-2/h7-8,10,12,15H,5-6,9H2,1-4H3. The Balaban J connectivity index is 2.88. The molecule has 1 unspecified atom stereocenters. The minimum atomic E-state index is 0.344. The summed E-state index contributed by atoms with van der Waals surface area (Å²) in [6.45, 7) is 10.3. The van der Waals surface area contributed by atoms with Gasteiger partial charge in [-0.1, -0.05) is 31.5 Å². The zero-order valence-electron chi connectivity index (χ0n) is 10.8. The first-order valence-corrected chi connectivity index (χ1v) is 6.15. The van der Waals surface area contributed by atoms with E-state index in [9.17, 15) is 0 Å². The van der Waals surface area contributed by atoms with Gasteiger partial charge in [0.1, 0.15) is 5.75 Å². The van der Waals surface area contributed by atoms with Gasteiger partial charge in [-0.25, -0.2) is 0 Å². The normalized spacial score (nSPS) is 12.5. The molecular weight excluding hydrogens is 198 g/mol. The summed E-state index contributed by atoms with van der Waals surface area (Å²) < 4.78 is 5.77. The average Bonchev–Trinajstić information content (AvgIpc) is 2.27. The Hall–Kier alpha value is -1.02. The molecule has 0 heterocycles. The van der Waals surface area contributed by atoms with Crippen LogP contribution in [-0.2, 0) is 0 Å². The number of ether oxygens (including phenoxy) is 1. The lowest BCUT2D eigenvalue weighted by molar-refractivity contribution is 0.311. The molecule has 1 aromatic rings. The second-order valence-electron chi connectivity index (χ2n) is 4.17. The number of hydrogen-bond acceptors (Lipinski definition) is 2. The molecule has 0 aliphatic carbocycles. The second kappa shape index (κ2) is 6.54. The number of aryl methyl sites for hydroxylation is 1. The van der Waals surface area contributed by atoms with Gasteiger partial charge in [-0.05, 0) is 32.9 Å². The van der Waals surface area contributed by atoms with E-state index in [4.69, 9.17) is 4.74 Å². The summed E-state index contributed by atoms with van der Waals surface area (Å²) >= 11 is 0. The summed E-state index contributed by atoms with van der Waals surface area (Å²) in [7, 11) is 0. The number of hydrogen-bond donors (Lipinski definition) is 1. The summed E-state index contributed by atoms with van der Waals surface area (Å²) in [6, 6.07) is 6.73. The Labute approximate surface area is 99.0 Å². The van der Waals surface area contributed by atoms with Gasteiger partial charge in [0.15, 0.2) is 0 Å². The van der Waals surface area contributed by atoms with Gasteiger partial charge in [0.25, 0.3) is 0 Å². The zero-order chi connectivity index (χ0) is 12.0. The maximum Gasteiger partial charge on any atom is 0.124 e. The smallest absolute Gasteiger partial charge is 0.124 e. The van der Waals surface area contributed by atoms with Crippen molar-refractivity contribution in [1.82, 2.24) is 5.32 Å². The van der Waals surface area contributed by atoms with E-state index in [1.54, 1.807) is 0 Å². The van der Waals surface area contributed by atoms with Crippen LogP contribution in [0.2, 0.25) is 0 Å². The fraction of sp³-hybridized carbons (Fsp3) is 0.571. The van der Waals surface area contributed by atoms with Crippen molar-refractivity contribution in [3.63, 3.8) is 0 Å². The Morgan fingerprint density at radius 3 is 2.69 bits per heavy atom. The SMILES string of the molecule is CCCOc1ccc(C)cc1C(C)NCC. The minimum absolute atomic E-state index is 0.344. The largest absolute Gasteiger partial charge is 0.493 e. The highest BCUT2D eigenvalue weighted by molar-refractivity contribution is 5.38. The van der Waals surface area contributed by atoms with Gasteiger partial charge in [-0.15, -0.1) is 0 Å². The first-order chi connectivity index (χ1) is 7.69. The Morgan fingerprint density at radius 2 is 2.06 bits per heavy atom. The maximum atomic E-state index is 5.77. The fourth-order valence-corrected chi connectivity index (χ4v) is 1.77. The second-order valence-corrected chi connectivity index (χ2v) is 4.17. The molecule has 0 aliphatic rings. The van der Waals surface area contributed by atoms with Crippen LogP contribution in [0.1, 0.15) is 44.4 Å². The van der Waals surface area contributed by atoms with Crippen molar-refractivity contribution in [1.29, 1.82) is 0 Å². The maximum absolute atomic E-state index is 5.77. The molecule has 1 rings (SSSR count). The molecule has 0 aromatic heterocycles. The molecule has 0 spiro atoms. The van der Waals surface area contributed by atoms with Crippen LogP contribution in [0.15, 0.2) is 18.2 Å². The highest BCUT2D eigenvalue weighted by Crippen LogP contribution is 2.26. The quantitative estimate of drug-likeness (QED) is 0.794. The van der Waals surface area contributed by atoms with E-state index in [1.165, 1.54) is 11.1 Å². The van der Waals surface area contributed by atoms with Crippen LogP contribution < -0.4 is 10.1 Å². The molecule has 0 amide bonds. The van der Waals surface area contributed by atoms with E-state index >= 15 is 0 Å². The summed E-state index contributed by atoms with van der Waals surface area (Å²) in [6.07, 6.45) is 1.04. The lowest BCUT2D eigenvalue weighted by Gasteiger charge is -2.18. The molecule has 1 atom stereocenters. The summed E-state index contributed by atoms with van der Waals surface area (Å²) in [5.41, 5.74) is 2.54. The summed E-state index contributed by atoms with van der Waals surface area (Å²) in [5, 5.41) is 3.43. The van der Waals surface area contributed by atoms with E-state index in [0.29, 0.717) is 6.04 Å². The Kier molecular flexibility index (Phi) is 5.33. The summed E-state index contributed by atoms with van der Waals surface area (Å²) in [4.78, 5) is 0. The van der Waals surface area contributed by atoms with Gasteiger partial charge >= 0.3 is 0 Å². The number of benzene rings is 1. The van der Waals surface area contributed by atoms with Crippen molar-refractivity contribution < 1.29 is 4.74 Å². The van der Waals surface area contributed by atoms with Gasteiger partial charge in [0, 0.05) is 11.6 Å². The van der Waals surface area contributed by atoms with Crippen LogP contribution in [0.4, 0.5) is 0 Å². The van der Waals surface area contributed by atoms with Crippen LogP contribution in [0.3, 0.4) is 0 Å². The van der Waals surface area contributed by atoms with E-state index < -0.39 is 0 Å². The molecule has 90 valence electrons. The third-order valence-corrected chi connectivity index (χ3v) is 2.60. The Bertz CT molecular complexity index is 323. The van der Waals surface area contributed by atoms with E-state index in [1.807, 2.05) is 0 Å². The lowest BCUT2D eigenvalue weighted by Crippen LogP contribution is -2.18.